The summed E-state index contributed by atoms with van der Waals surface area (Å²) < 4.78 is 0. The highest BCUT2D eigenvalue weighted by Crippen LogP contribution is 2.20. The first-order valence-corrected chi connectivity index (χ1v) is 8.01. The minimum absolute atomic E-state index is 1.23. The molecule has 0 N–H and O–H groups in total. The van der Waals surface area contributed by atoms with Gasteiger partial charge in [0, 0.05) is 19.8 Å². The maximum absolute atomic E-state index is 2.28. The van der Waals surface area contributed by atoms with Crippen molar-refractivity contribution in [2.45, 2.75) is 64.7 Å². The summed E-state index contributed by atoms with van der Waals surface area (Å²) in [5.41, 5.74) is 2.88. The summed E-state index contributed by atoms with van der Waals surface area (Å²) >= 11 is 0. The second-order valence-electron chi connectivity index (χ2n) is 5.75. The SMILES string of the molecule is CCCCCCCCCCc1ccccc1N(C)C. The lowest BCUT2D eigenvalue weighted by Gasteiger charge is -2.17. The average Bonchev–Trinajstić information content (AvgIpc) is 2.42. The van der Waals surface area contributed by atoms with Crippen molar-refractivity contribution >= 4 is 5.69 Å². The van der Waals surface area contributed by atoms with Gasteiger partial charge in [0.05, 0.1) is 0 Å². The normalized spacial score (nSPS) is 10.7. The molecular formula is C18H31N. The fourth-order valence-corrected chi connectivity index (χ4v) is 2.61. The molecule has 0 saturated carbocycles. The standard InChI is InChI=1S/C18H31N/c1-4-5-6-7-8-9-10-11-14-17-15-12-13-16-18(17)19(2)3/h12-13,15-16H,4-11,14H2,1-3H3. The third kappa shape index (κ3) is 6.66. The number of nitrogens with zero attached hydrogens (tertiary/aromatic N) is 1. The summed E-state index contributed by atoms with van der Waals surface area (Å²) in [6, 6.07) is 8.79. The van der Waals surface area contributed by atoms with Crippen LogP contribution in [0.2, 0.25) is 0 Å². The van der Waals surface area contributed by atoms with Gasteiger partial charge in [0.1, 0.15) is 0 Å². The molecular weight excluding hydrogens is 230 g/mol. The molecule has 108 valence electrons. The number of aryl methyl sites for hydroxylation is 1. The highest BCUT2D eigenvalue weighted by Gasteiger charge is 2.02. The van der Waals surface area contributed by atoms with Crippen LogP contribution in [0.5, 0.6) is 0 Å². The van der Waals surface area contributed by atoms with E-state index >= 15 is 0 Å². The van der Waals surface area contributed by atoms with Gasteiger partial charge < -0.3 is 4.90 Å². The molecule has 0 aromatic heterocycles. The molecule has 0 aliphatic carbocycles. The van der Waals surface area contributed by atoms with Gasteiger partial charge in [-0.1, -0.05) is 70.1 Å². The van der Waals surface area contributed by atoms with Gasteiger partial charge in [-0.15, -0.1) is 0 Å². The van der Waals surface area contributed by atoms with E-state index in [9.17, 15) is 0 Å². The summed E-state index contributed by atoms with van der Waals surface area (Å²) in [5.74, 6) is 0. The molecule has 1 aromatic carbocycles. The first-order valence-electron chi connectivity index (χ1n) is 8.01. The molecule has 1 aromatic rings. The summed E-state index contributed by atoms with van der Waals surface area (Å²) in [6.45, 7) is 2.28. The highest BCUT2D eigenvalue weighted by atomic mass is 15.1. The summed E-state index contributed by atoms with van der Waals surface area (Å²) in [5, 5.41) is 0. The molecule has 1 rings (SSSR count). The van der Waals surface area contributed by atoms with E-state index in [2.05, 4.69) is 50.2 Å². The van der Waals surface area contributed by atoms with E-state index < -0.39 is 0 Å². The smallest absolute Gasteiger partial charge is 0.0393 e. The van der Waals surface area contributed by atoms with Gasteiger partial charge in [-0.2, -0.15) is 0 Å². The molecule has 0 aliphatic rings. The van der Waals surface area contributed by atoms with Crippen molar-refractivity contribution in [3.8, 4) is 0 Å². The van der Waals surface area contributed by atoms with Crippen LogP contribution in [0.1, 0.15) is 63.9 Å². The summed E-state index contributed by atoms with van der Waals surface area (Å²) in [4.78, 5) is 2.22. The monoisotopic (exact) mass is 261 g/mol. The van der Waals surface area contributed by atoms with Gasteiger partial charge >= 0.3 is 0 Å². The first-order chi connectivity index (χ1) is 9.25. The van der Waals surface area contributed by atoms with Crippen molar-refractivity contribution in [1.82, 2.24) is 0 Å². The van der Waals surface area contributed by atoms with Crippen molar-refractivity contribution in [2.24, 2.45) is 0 Å². The van der Waals surface area contributed by atoms with Crippen molar-refractivity contribution in [1.29, 1.82) is 0 Å². The minimum atomic E-state index is 1.23. The Balaban J connectivity index is 2.16. The van der Waals surface area contributed by atoms with Crippen LogP contribution in [0.4, 0.5) is 5.69 Å². The van der Waals surface area contributed by atoms with Crippen LogP contribution in [-0.4, -0.2) is 14.1 Å². The van der Waals surface area contributed by atoms with E-state index in [-0.39, 0.29) is 0 Å². The molecule has 19 heavy (non-hydrogen) atoms. The Morgan fingerprint density at radius 1 is 0.789 bits per heavy atom. The van der Waals surface area contributed by atoms with Crippen LogP contribution in [0.25, 0.3) is 0 Å². The van der Waals surface area contributed by atoms with Crippen molar-refractivity contribution in [2.75, 3.05) is 19.0 Å². The summed E-state index contributed by atoms with van der Waals surface area (Å²) in [7, 11) is 4.26. The van der Waals surface area contributed by atoms with Crippen LogP contribution in [-0.2, 0) is 6.42 Å². The zero-order valence-electron chi connectivity index (χ0n) is 13.1. The fourth-order valence-electron chi connectivity index (χ4n) is 2.61. The van der Waals surface area contributed by atoms with Crippen LogP contribution < -0.4 is 4.90 Å². The molecule has 0 unspecified atom stereocenters. The summed E-state index contributed by atoms with van der Waals surface area (Å²) in [6.07, 6.45) is 12.4. The fraction of sp³-hybridized carbons (Fsp3) is 0.667. The predicted molar refractivity (Wildman–Crippen MR) is 87.1 cm³/mol. The molecule has 0 atom stereocenters. The largest absolute Gasteiger partial charge is 0.377 e. The van der Waals surface area contributed by atoms with E-state index in [1.807, 2.05) is 0 Å². The van der Waals surface area contributed by atoms with Gasteiger partial charge in [0.2, 0.25) is 0 Å². The van der Waals surface area contributed by atoms with Gasteiger partial charge in [-0.3, -0.25) is 0 Å². The second kappa shape index (κ2) is 9.89. The number of benzene rings is 1. The van der Waals surface area contributed by atoms with Gasteiger partial charge in [0.15, 0.2) is 0 Å². The second-order valence-corrected chi connectivity index (χ2v) is 5.75. The van der Waals surface area contributed by atoms with Gasteiger partial charge in [0.25, 0.3) is 0 Å². The molecule has 0 radical (unpaired) electrons. The third-order valence-electron chi connectivity index (χ3n) is 3.77. The lowest BCUT2D eigenvalue weighted by atomic mass is 10.0. The highest BCUT2D eigenvalue weighted by molar-refractivity contribution is 5.52. The van der Waals surface area contributed by atoms with Crippen molar-refractivity contribution < 1.29 is 0 Å². The topological polar surface area (TPSA) is 3.24 Å². The molecule has 0 aliphatic heterocycles. The molecule has 0 heterocycles. The van der Waals surface area contributed by atoms with Gasteiger partial charge in [-0.25, -0.2) is 0 Å². The van der Waals surface area contributed by atoms with E-state index in [1.165, 1.54) is 69.0 Å². The molecule has 0 bridgehead atoms. The Morgan fingerprint density at radius 2 is 1.37 bits per heavy atom. The molecule has 0 amide bonds. The maximum Gasteiger partial charge on any atom is 0.0393 e. The zero-order valence-corrected chi connectivity index (χ0v) is 13.1. The molecule has 0 spiro atoms. The van der Waals surface area contributed by atoms with E-state index in [4.69, 9.17) is 0 Å². The number of hydrogen-bond donors (Lipinski definition) is 0. The maximum atomic E-state index is 2.28. The van der Waals surface area contributed by atoms with Crippen molar-refractivity contribution in [3.63, 3.8) is 0 Å². The Bertz CT molecular complexity index is 330. The number of anilines is 1. The lowest BCUT2D eigenvalue weighted by molar-refractivity contribution is 0.575. The first kappa shape index (κ1) is 16.1. The Morgan fingerprint density at radius 3 is 2.00 bits per heavy atom. The predicted octanol–water partition coefficient (Wildman–Crippen LogP) is 5.44. The molecule has 1 heteroatoms. The van der Waals surface area contributed by atoms with Crippen LogP contribution in [0, 0.1) is 0 Å². The van der Waals surface area contributed by atoms with Crippen LogP contribution in [0.3, 0.4) is 0 Å². The van der Waals surface area contributed by atoms with Gasteiger partial charge in [-0.05, 0) is 24.5 Å². The Hall–Kier alpha value is -0.980. The van der Waals surface area contributed by atoms with E-state index in [0.29, 0.717) is 0 Å². The number of unbranched alkanes of at least 4 members (excludes halogenated alkanes) is 7. The third-order valence-corrected chi connectivity index (χ3v) is 3.77. The molecule has 0 saturated heterocycles. The van der Waals surface area contributed by atoms with Crippen LogP contribution >= 0.6 is 0 Å². The number of para-hydroxylation sites is 1. The minimum Gasteiger partial charge on any atom is -0.377 e. The average molecular weight is 261 g/mol. The van der Waals surface area contributed by atoms with Crippen molar-refractivity contribution in [3.05, 3.63) is 29.8 Å². The van der Waals surface area contributed by atoms with E-state index in [0.717, 1.165) is 0 Å². The Labute approximate surface area is 120 Å². The quantitative estimate of drug-likeness (QED) is 0.507. The van der Waals surface area contributed by atoms with E-state index in [1.54, 1.807) is 0 Å². The zero-order chi connectivity index (χ0) is 13.9. The number of rotatable bonds is 10. The molecule has 0 fully saturated rings. The molecule has 1 nitrogen and oxygen atoms in total. The Kier molecular flexibility index (Phi) is 8.36. The number of hydrogen-bond acceptors (Lipinski definition) is 1. The lowest BCUT2D eigenvalue weighted by Crippen LogP contribution is -2.11. The van der Waals surface area contributed by atoms with Crippen LogP contribution in [0.15, 0.2) is 24.3 Å².